The van der Waals surface area contributed by atoms with Crippen molar-refractivity contribution in [3.8, 4) is 0 Å². The van der Waals surface area contributed by atoms with E-state index in [-0.39, 0.29) is 37.4 Å². The molecule has 11 nitrogen and oxygen atoms in total. The Kier molecular flexibility index (Phi) is 10.4. The lowest BCUT2D eigenvalue weighted by Crippen LogP contribution is -2.36. The number of aromatic amines is 1. The zero-order valence-electron chi connectivity index (χ0n) is 25.8. The third kappa shape index (κ3) is 7.80. The number of H-pyrrole nitrogens is 1. The highest BCUT2D eigenvalue weighted by Crippen LogP contribution is 2.30. The molecule has 1 unspecified atom stereocenters. The van der Waals surface area contributed by atoms with Crippen LogP contribution in [0, 0.1) is 11.6 Å². The Hall–Kier alpha value is -3.59. The second-order valence-electron chi connectivity index (χ2n) is 11.5. The fourth-order valence-electron chi connectivity index (χ4n) is 5.79. The van der Waals surface area contributed by atoms with Crippen molar-refractivity contribution in [2.24, 2.45) is 0 Å². The molecule has 1 aromatic heterocycles. The Morgan fingerprint density at radius 1 is 1.13 bits per heavy atom. The predicted molar refractivity (Wildman–Crippen MR) is 169 cm³/mol. The summed E-state index contributed by atoms with van der Waals surface area (Å²) < 4.78 is 60.8. The van der Waals surface area contributed by atoms with Crippen molar-refractivity contribution in [3.05, 3.63) is 64.9 Å². The Morgan fingerprint density at radius 3 is 2.53 bits per heavy atom. The number of amides is 1. The number of sulfonamides is 1. The summed E-state index contributed by atoms with van der Waals surface area (Å²) in [5, 5.41) is 17.1. The Labute approximate surface area is 262 Å². The first kappa shape index (κ1) is 32.8. The molecule has 1 amide bonds. The van der Waals surface area contributed by atoms with Gasteiger partial charge in [0.25, 0.3) is 5.91 Å². The molecule has 2 aliphatic heterocycles. The van der Waals surface area contributed by atoms with Crippen molar-refractivity contribution in [3.63, 3.8) is 0 Å². The molecule has 3 aromatic rings. The first-order chi connectivity index (χ1) is 21.6. The van der Waals surface area contributed by atoms with Gasteiger partial charge in [-0.05, 0) is 63.2 Å². The van der Waals surface area contributed by atoms with Gasteiger partial charge in [0, 0.05) is 80.1 Å². The Morgan fingerprint density at radius 2 is 1.84 bits per heavy atom. The molecule has 5 rings (SSSR count). The minimum Gasteiger partial charge on any atom is -0.381 e. The maximum atomic E-state index is 13.8. The van der Waals surface area contributed by atoms with E-state index in [2.05, 4.69) is 51.8 Å². The first-order valence-electron chi connectivity index (χ1n) is 15.4. The number of halogens is 2. The minimum atomic E-state index is -4.21. The van der Waals surface area contributed by atoms with Crippen LogP contribution in [0.4, 0.5) is 26.0 Å². The van der Waals surface area contributed by atoms with E-state index in [1.54, 1.807) is 6.07 Å². The lowest BCUT2D eigenvalue weighted by molar-refractivity contribution is 0.0904. The average Bonchev–Trinajstić information content (AvgIpc) is 3.41. The summed E-state index contributed by atoms with van der Waals surface area (Å²) in [5.41, 5.74) is 3.14. The number of anilines is 3. The van der Waals surface area contributed by atoms with Crippen LogP contribution >= 0.6 is 0 Å². The molecule has 4 N–H and O–H groups in total. The molecule has 0 radical (unpaired) electrons. The predicted octanol–water partition coefficient (Wildman–Crippen LogP) is 4.42. The number of ether oxygens (including phenoxy) is 1. The van der Waals surface area contributed by atoms with Crippen molar-refractivity contribution >= 4 is 33.1 Å². The van der Waals surface area contributed by atoms with E-state index in [1.165, 1.54) is 0 Å². The van der Waals surface area contributed by atoms with Gasteiger partial charge in [-0.15, -0.1) is 0 Å². The van der Waals surface area contributed by atoms with Gasteiger partial charge < -0.3 is 25.6 Å². The number of hydrogen-bond donors (Lipinski definition) is 4. The van der Waals surface area contributed by atoms with Crippen LogP contribution in [0.1, 0.15) is 55.2 Å². The van der Waals surface area contributed by atoms with Crippen LogP contribution in [0.15, 0.2) is 41.3 Å². The summed E-state index contributed by atoms with van der Waals surface area (Å²) in [4.78, 5) is 15.6. The van der Waals surface area contributed by atoms with Crippen molar-refractivity contribution in [2.45, 2.75) is 63.6 Å². The van der Waals surface area contributed by atoms with Crippen LogP contribution in [0.3, 0.4) is 0 Å². The summed E-state index contributed by atoms with van der Waals surface area (Å²) in [6, 6.07) is 8.10. The molecule has 1 fully saturated rings. The number of likely N-dealkylation sites (N-methyl/N-ethyl adjacent to an activating group) is 1. The van der Waals surface area contributed by atoms with Crippen LogP contribution in [0.2, 0.25) is 0 Å². The molecule has 1 atom stereocenters. The summed E-state index contributed by atoms with van der Waals surface area (Å²) >= 11 is 0. The third-order valence-corrected chi connectivity index (χ3v) is 10.1. The largest absolute Gasteiger partial charge is 0.381 e. The van der Waals surface area contributed by atoms with Gasteiger partial charge >= 0.3 is 0 Å². The molecule has 14 heteroatoms. The van der Waals surface area contributed by atoms with E-state index in [9.17, 15) is 22.0 Å². The third-order valence-electron chi connectivity index (χ3n) is 8.29. The number of hydrogen-bond acceptors (Lipinski definition) is 8. The van der Waals surface area contributed by atoms with Gasteiger partial charge in [-0.3, -0.25) is 9.89 Å². The highest BCUT2D eigenvalue weighted by atomic mass is 32.2. The van der Waals surface area contributed by atoms with Gasteiger partial charge in [-0.2, -0.15) is 9.40 Å². The lowest BCUT2D eigenvalue weighted by Gasteiger charge is -2.27. The molecule has 0 saturated carbocycles. The monoisotopic (exact) mass is 645 g/mol. The zero-order chi connectivity index (χ0) is 32.1. The fourth-order valence-corrected chi connectivity index (χ4v) is 7.24. The summed E-state index contributed by atoms with van der Waals surface area (Å²) in [6.07, 6.45) is 1.91. The van der Waals surface area contributed by atoms with Crippen LogP contribution in [0.25, 0.3) is 0 Å². The van der Waals surface area contributed by atoms with Crippen LogP contribution in [0.5, 0.6) is 0 Å². The number of carbonyl (C=O) groups is 1. The van der Waals surface area contributed by atoms with Crippen molar-refractivity contribution < 1.29 is 26.7 Å². The molecule has 3 heterocycles. The van der Waals surface area contributed by atoms with E-state index in [0.29, 0.717) is 41.8 Å². The Bertz CT molecular complexity index is 1590. The second kappa shape index (κ2) is 14.2. The van der Waals surface area contributed by atoms with Crippen LogP contribution < -0.4 is 16.0 Å². The number of fused-ring (bicyclic) bond motifs is 1. The second-order valence-corrected chi connectivity index (χ2v) is 13.4. The number of carbonyl (C=O) groups excluding carboxylic acids is 1. The normalized spacial score (nSPS) is 16.8. The first-order valence-corrected chi connectivity index (χ1v) is 16.8. The van der Waals surface area contributed by atoms with E-state index < -0.39 is 32.5 Å². The SMILES string of the molecule is CCN(CC)CC(C)Nc1ccc(C(=O)Nc2n[nH]c3c2CN(S(=O)(=O)c2cc(F)cc(F)c2)CC3)c(NC2CCOCC2)c1. The summed E-state index contributed by atoms with van der Waals surface area (Å²) in [5.74, 6) is -2.17. The van der Waals surface area contributed by atoms with Crippen molar-refractivity contribution in [1.29, 1.82) is 0 Å². The Balaban J connectivity index is 1.36. The van der Waals surface area contributed by atoms with Crippen LogP contribution in [-0.4, -0.2) is 85.2 Å². The van der Waals surface area contributed by atoms with Gasteiger partial charge in [0.15, 0.2) is 5.82 Å². The number of nitrogens with zero attached hydrogens (tertiary/aromatic N) is 3. The summed E-state index contributed by atoms with van der Waals surface area (Å²) in [7, 11) is -4.21. The van der Waals surface area contributed by atoms with E-state index >= 15 is 0 Å². The number of aromatic nitrogens is 2. The molecule has 1 saturated heterocycles. The molecular formula is C31H41F2N7O4S. The van der Waals surface area contributed by atoms with Gasteiger partial charge in [0.05, 0.1) is 10.5 Å². The quantitative estimate of drug-likeness (QED) is 0.228. The topological polar surface area (TPSA) is 132 Å². The van der Waals surface area contributed by atoms with Crippen LogP contribution in [-0.2, 0) is 27.7 Å². The van der Waals surface area contributed by atoms with E-state index in [4.69, 9.17) is 4.74 Å². The maximum absolute atomic E-state index is 13.8. The molecule has 0 aliphatic carbocycles. The van der Waals surface area contributed by atoms with E-state index in [0.717, 1.165) is 54.6 Å². The highest BCUT2D eigenvalue weighted by Gasteiger charge is 2.32. The molecule has 244 valence electrons. The van der Waals surface area contributed by atoms with Crippen molar-refractivity contribution in [2.75, 3.05) is 55.3 Å². The van der Waals surface area contributed by atoms with Gasteiger partial charge in [0.2, 0.25) is 10.0 Å². The average molecular weight is 646 g/mol. The van der Waals surface area contributed by atoms with Gasteiger partial charge in [0.1, 0.15) is 11.6 Å². The molecule has 45 heavy (non-hydrogen) atoms. The van der Waals surface area contributed by atoms with Gasteiger partial charge in [-0.1, -0.05) is 13.8 Å². The molecule has 2 aromatic carbocycles. The van der Waals surface area contributed by atoms with Crippen molar-refractivity contribution in [1.82, 2.24) is 19.4 Å². The fraction of sp³-hybridized carbons (Fsp3) is 0.484. The number of benzene rings is 2. The van der Waals surface area contributed by atoms with Gasteiger partial charge in [-0.25, -0.2) is 17.2 Å². The van der Waals surface area contributed by atoms with E-state index in [1.807, 2.05) is 12.1 Å². The lowest BCUT2D eigenvalue weighted by atomic mass is 10.1. The minimum absolute atomic E-state index is 0.0867. The molecule has 0 spiro atoms. The smallest absolute Gasteiger partial charge is 0.258 e. The molecule has 2 aliphatic rings. The molecule has 0 bridgehead atoms. The zero-order valence-corrected chi connectivity index (χ0v) is 26.6. The molecular weight excluding hydrogens is 604 g/mol. The maximum Gasteiger partial charge on any atom is 0.258 e. The standard InChI is InChI=1S/C31H41F2N7O4S/c1-4-39(5-2)18-20(3)34-24-6-7-26(29(17-24)35-23-9-12-44-13-10-23)31(41)36-30-27-19-40(11-8-28(27)37-38-30)45(42,43)25-15-21(32)14-22(33)16-25/h6-7,14-17,20,23,34-35H,4-5,8-13,18-19H2,1-3H3,(H2,36,37,38,41). The number of rotatable bonds is 12. The highest BCUT2D eigenvalue weighted by molar-refractivity contribution is 7.89. The number of nitrogens with one attached hydrogen (secondary N) is 4. The summed E-state index contributed by atoms with van der Waals surface area (Å²) in [6.45, 7) is 10.4.